The van der Waals surface area contributed by atoms with Crippen LogP contribution in [0.25, 0.3) is 68.2 Å². The van der Waals surface area contributed by atoms with Gasteiger partial charge in [0.1, 0.15) is 0 Å². The molecular weight excluding hydrogens is 1040 g/mol. The molecule has 0 amide bonds. The van der Waals surface area contributed by atoms with Crippen molar-refractivity contribution in [2.24, 2.45) is 0 Å². The van der Waals surface area contributed by atoms with Gasteiger partial charge in [0.15, 0.2) is 5.82 Å². The number of rotatable bonds is 14. The Morgan fingerprint density at radius 2 is 0.918 bits per heavy atom. The van der Waals surface area contributed by atoms with Gasteiger partial charge in [0.05, 0.1) is 55.6 Å². The molecular formula is C77H68N8. The van der Waals surface area contributed by atoms with Crippen LogP contribution in [0.4, 0.5) is 0 Å². The van der Waals surface area contributed by atoms with E-state index in [1.807, 2.05) is 6.20 Å². The van der Waals surface area contributed by atoms with E-state index < -0.39 is 0 Å². The maximum Gasteiger partial charge on any atom is 0.182 e. The first-order valence-corrected chi connectivity index (χ1v) is 30.8. The summed E-state index contributed by atoms with van der Waals surface area (Å²) in [5.41, 5.74) is 12.2. The zero-order valence-electron chi connectivity index (χ0n) is 48.5. The monoisotopic (exact) mass is 1100 g/mol. The lowest BCUT2D eigenvalue weighted by molar-refractivity contribution is 0.607. The predicted octanol–water partition coefficient (Wildman–Crippen LogP) is 17.7. The van der Waals surface area contributed by atoms with Crippen LogP contribution in [-0.2, 0) is 12.8 Å². The molecule has 0 fully saturated rings. The number of pyridine rings is 2. The summed E-state index contributed by atoms with van der Waals surface area (Å²) in [6.07, 6.45) is 29.0. The summed E-state index contributed by atoms with van der Waals surface area (Å²) in [6.45, 7) is 4.56. The lowest BCUT2D eigenvalue weighted by Crippen LogP contribution is -1.91. The Kier molecular flexibility index (Phi) is 15.0. The van der Waals surface area contributed by atoms with Crippen molar-refractivity contribution in [3.8, 4) is 11.8 Å². The topological polar surface area (TPSA) is 112 Å². The summed E-state index contributed by atoms with van der Waals surface area (Å²) < 4.78 is 0. The fraction of sp³-hybridized carbons (Fsp3) is 0.208. The van der Waals surface area contributed by atoms with Crippen LogP contribution in [0.5, 0.6) is 0 Å². The lowest BCUT2D eigenvalue weighted by Gasteiger charge is -2.04. The molecule has 0 saturated heterocycles. The second-order valence-corrected chi connectivity index (χ2v) is 23.1. The first-order chi connectivity index (χ1) is 42.0. The Bertz CT molecular complexity index is 5130. The molecule has 8 heteroatoms. The summed E-state index contributed by atoms with van der Waals surface area (Å²) in [6, 6.07) is 55.8. The smallest absolute Gasteiger partial charge is 0.182 e. The van der Waals surface area contributed by atoms with Gasteiger partial charge in [-0.15, -0.1) is 0 Å². The summed E-state index contributed by atoms with van der Waals surface area (Å²) in [5, 5.41) is 14.6. The second-order valence-electron chi connectivity index (χ2n) is 23.1. The third-order valence-electron chi connectivity index (χ3n) is 17.2. The van der Waals surface area contributed by atoms with Gasteiger partial charge in [0.2, 0.25) is 0 Å². The first kappa shape index (κ1) is 53.3. The highest BCUT2D eigenvalue weighted by atomic mass is 14.9. The van der Waals surface area contributed by atoms with Gasteiger partial charge >= 0.3 is 0 Å². The number of H-pyrrole nitrogens is 3. The molecule has 416 valence electrons. The highest BCUT2D eigenvalue weighted by molar-refractivity contribution is 6.02. The van der Waals surface area contributed by atoms with Crippen LogP contribution in [-0.4, -0.2) is 39.9 Å². The quantitative estimate of drug-likeness (QED) is 0.0571. The summed E-state index contributed by atoms with van der Waals surface area (Å²) >= 11 is 0. The largest absolute Gasteiger partial charge is 0.355 e. The summed E-state index contributed by atoms with van der Waals surface area (Å²) in [5.74, 6) is 7.51. The molecule has 8 nitrogen and oxygen atoms in total. The molecule has 12 heterocycles. The van der Waals surface area contributed by atoms with E-state index >= 15 is 0 Å². The number of fused-ring (bicyclic) bond motifs is 2. The number of imidazole rings is 1. The molecule has 6 aliphatic rings. The number of nitrogens with zero attached hydrogens (tertiary/aromatic N) is 5. The van der Waals surface area contributed by atoms with Crippen LogP contribution in [0.2, 0.25) is 0 Å². The maximum atomic E-state index is 5.64. The Labute approximate surface area is 493 Å². The highest BCUT2D eigenvalue weighted by Crippen LogP contribution is 2.27. The van der Waals surface area contributed by atoms with Crippen LogP contribution >= 0.6 is 0 Å². The van der Waals surface area contributed by atoms with E-state index in [1.54, 1.807) is 6.20 Å². The fourth-order valence-electron chi connectivity index (χ4n) is 12.7. The number of aromatic nitrogens is 8. The second kappa shape index (κ2) is 23.9. The average Bonchev–Trinajstić information content (AvgIpc) is 3.85. The van der Waals surface area contributed by atoms with Crippen LogP contribution in [0.15, 0.2) is 164 Å². The zero-order valence-corrected chi connectivity index (χ0v) is 48.5. The lowest BCUT2D eigenvalue weighted by atomic mass is 10.0. The Morgan fingerprint density at radius 3 is 1.52 bits per heavy atom. The van der Waals surface area contributed by atoms with E-state index in [0.717, 1.165) is 161 Å². The standard InChI is InChI=1S/C77H68N8/c1-3-5-7-9-11-13-15-50-17-33-60-52-19-23-54(24-20-52)65-36-29-56-27-28-57-30-37-66(85-77(57)76(56)84-65)55-25-21-53(22-26-55)61-34-18-51(16-14-12-10-8-6-4-2)48-64(61)75-70-39-32-59(81-70)49-58-31-38-69(80-58)74(63(60)47-50)71-42-40-67(82-71)62(68-41-43-72(75)83-68)35-44-73-78-45-46-79-73/h17-34,36-43,45-49,80,83H,3-16H2,1-2H3,(H,78,79). The van der Waals surface area contributed by atoms with Gasteiger partial charge in [0.25, 0.3) is 0 Å². The number of nitrogens with one attached hydrogen (secondary N) is 3. The molecule has 0 radical (unpaired) electrons. The molecule has 6 aromatic heterocycles. The Hall–Kier alpha value is -9.71. The predicted molar refractivity (Wildman–Crippen MR) is 346 cm³/mol. The Balaban J connectivity index is 1.16. The molecule has 3 N–H and O–H groups in total. The molecule has 0 atom stereocenters. The van der Waals surface area contributed by atoms with Gasteiger partial charge in [-0.05, 0) is 141 Å². The molecule has 18 bridgehead atoms. The summed E-state index contributed by atoms with van der Waals surface area (Å²) in [7, 11) is 0. The van der Waals surface area contributed by atoms with E-state index in [2.05, 4.69) is 222 Å². The van der Waals surface area contributed by atoms with Crippen molar-refractivity contribution in [1.29, 1.82) is 0 Å². The normalized spacial score (nSPS) is 12.1. The SMILES string of the molecule is CCCCCCCCc1ccc2c(c1)=c1c3nc(c(C#Cc4ncc[nH]4)c4ccc([nH]4)c(c4nc(cc5ccc1[nH]5)C=C4)=c1cc(CCCCCCCC)ccc1=c1ccc(cc1)=c1ccc4ccc5ccc(nc5c4n1)=c1ccc=2cc1)C=C3. The minimum atomic E-state index is 0.580. The Morgan fingerprint density at radius 1 is 0.400 bits per heavy atom. The maximum absolute atomic E-state index is 5.64. The molecule has 0 spiro atoms. The molecule has 11 aromatic rings. The fourth-order valence-corrected chi connectivity index (χ4v) is 12.7. The van der Waals surface area contributed by atoms with E-state index in [-0.39, 0.29) is 0 Å². The van der Waals surface area contributed by atoms with E-state index in [9.17, 15) is 0 Å². The van der Waals surface area contributed by atoms with Crippen molar-refractivity contribution in [2.75, 3.05) is 0 Å². The highest BCUT2D eigenvalue weighted by Gasteiger charge is 2.13. The van der Waals surface area contributed by atoms with Crippen LogP contribution in [0, 0.1) is 74.7 Å². The third-order valence-corrected chi connectivity index (χ3v) is 17.2. The van der Waals surface area contributed by atoms with Crippen molar-refractivity contribution >= 4 is 68.2 Å². The zero-order chi connectivity index (χ0) is 57.1. The van der Waals surface area contributed by atoms with Gasteiger partial charge in [0, 0.05) is 60.6 Å². The number of aromatic amines is 3. The average molecular weight is 1110 g/mol. The minimum Gasteiger partial charge on any atom is -0.355 e. The van der Waals surface area contributed by atoms with Crippen molar-refractivity contribution in [2.45, 2.75) is 104 Å². The van der Waals surface area contributed by atoms with E-state index in [4.69, 9.17) is 19.9 Å². The van der Waals surface area contributed by atoms with Gasteiger partial charge in [-0.3, -0.25) is 0 Å². The van der Waals surface area contributed by atoms with Crippen molar-refractivity contribution < 1.29 is 0 Å². The molecule has 0 saturated carbocycles. The van der Waals surface area contributed by atoms with Gasteiger partial charge in [-0.2, -0.15) is 0 Å². The van der Waals surface area contributed by atoms with E-state index in [1.165, 1.54) is 75.3 Å². The molecule has 0 unspecified atom stereocenters. The van der Waals surface area contributed by atoms with Crippen molar-refractivity contribution in [3.05, 3.63) is 272 Å². The van der Waals surface area contributed by atoms with Gasteiger partial charge in [-0.1, -0.05) is 193 Å². The molecule has 85 heavy (non-hydrogen) atoms. The van der Waals surface area contributed by atoms with Crippen LogP contribution < -0.4 is 0 Å². The number of unbranched alkanes of at least 4 members (excludes halogenated alkanes) is 10. The summed E-state index contributed by atoms with van der Waals surface area (Å²) in [4.78, 5) is 37.6. The third kappa shape index (κ3) is 11.1. The first-order valence-electron chi connectivity index (χ1n) is 30.8. The van der Waals surface area contributed by atoms with Crippen LogP contribution in [0.3, 0.4) is 0 Å². The molecule has 6 aliphatic heterocycles. The number of benzene rings is 5. The van der Waals surface area contributed by atoms with Crippen LogP contribution in [0.1, 0.15) is 136 Å². The van der Waals surface area contributed by atoms with Gasteiger partial charge < -0.3 is 15.0 Å². The number of hydrogen-bond donors (Lipinski definition) is 3. The molecule has 17 rings (SSSR count). The minimum absolute atomic E-state index is 0.580. The van der Waals surface area contributed by atoms with Gasteiger partial charge in [-0.25, -0.2) is 24.9 Å². The van der Waals surface area contributed by atoms with Crippen molar-refractivity contribution in [3.63, 3.8) is 0 Å². The number of hydrogen-bond acceptors (Lipinski definition) is 5. The molecule has 0 aliphatic carbocycles. The van der Waals surface area contributed by atoms with Crippen molar-refractivity contribution in [1.82, 2.24) is 39.9 Å². The number of aryl methyl sites for hydroxylation is 2. The molecule has 5 aromatic carbocycles. The van der Waals surface area contributed by atoms with E-state index in [0.29, 0.717) is 5.82 Å².